The Bertz CT molecular complexity index is 247. The lowest BCUT2D eigenvalue weighted by Gasteiger charge is -2.09. The molecule has 5 heteroatoms. The summed E-state index contributed by atoms with van der Waals surface area (Å²) in [6.45, 7) is 0. The van der Waals surface area contributed by atoms with Crippen molar-refractivity contribution >= 4 is 0 Å². The van der Waals surface area contributed by atoms with Gasteiger partial charge in [-0.1, -0.05) is 0 Å². The van der Waals surface area contributed by atoms with E-state index in [1.54, 1.807) is 24.0 Å². The number of hydrogen-bond acceptors (Lipinski definition) is 2. The van der Waals surface area contributed by atoms with Crippen LogP contribution in [-0.2, 0) is 13.5 Å². The first-order chi connectivity index (χ1) is 5.61. The molecule has 1 aromatic heterocycles. The van der Waals surface area contributed by atoms with Gasteiger partial charge in [-0.3, -0.25) is 0 Å². The Morgan fingerprint density at radius 3 is 2.75 bits per heavy atom. The predicted octanol–water partition coefficient (Wildman–Crippen LogP) is 0.555. The normalized spacial score (nSPS) is 13.8. The Labute approximate surface area is 69.2 Å². The summed E-state index contributed by atoms with van der Waals surface area (Å²) in [6, 6.07) is -1.12. The quantitative estimate of drug-likeness (QED) is 0.729. The van der Waals surface area contributed by atoms with Gasteiger partial charge in [-0.2, -0.15) is 0 Å². The molecular weight excluding hydrogens is 164 g/mol. The van der Waals surface area contributed by atoms with Crippen LogP contribution in [-0.4, -0.2) is 22.0 Å². The molecule has 0 fully saturated rings. The Hall–Kier alpha value is -0.970. The van der Waals surface area contributed by atoms with Gasteiger partial charge in [-0.25, -0.2) is 13.8 Å². The van der Waals surface area contributed by atoms with Gasteiger partial charge in [0.05, 0.1) is 6.04 Å². The smallest absolute Gasteiger partial charge is 0.253 e. The van der Waals surface area contributed by atoms with Crippen LogP contribution in [0.1, 0.15) is 5.82 Å². The highest BCUT2D eigenvalue weighted by Gasteiger charge is 2.17. The number of imidazole rings is 1. The molecule has 0 spiro atoms. The summed E-state index contributed by atoms with van der Waals surface area (Å²) in [5.41, 5.74) is 5.17. The van der Waals surface area contributed by atoms with Gasteiger partial charge in [-0.15, -0.1) is 0 Å². The van der Waals surface area contributed by atoms with Crippen LogP contribution in [0.2, 0.25) is 0 Å². The van der Waals surface area contributed by atoms with E-state index in [4.69, 9.17) is 5.73 Å². The van der Waals surface area contributed by atoms with E-state index >= 15 is 0 Å². The molecule has 1 aromatic rings. The minimum absolute atomic E-state index is 0.112. The highest BCUT2D eigenvalue weighted by Crippen LogP contribution is 2.04. The molecule has 1 rings (SSSR count). The molecule has 0 aliphatic rings. The van der Waals surface area contributed by atoms with Gasteiger partial charge in [0.2, 0.25) is 0 Å². The van der Waals surface area contributed by atoms with Crippen LogP contribution in [0, 0.1) is 0 Å². The standard InChI is InChI=1S/C7H11F2N3/c1-12-3-2-11-6(12)4-5(10)7(8)9/h2-3,5,7H,4,10H2,1H3. The largest absolute Gasteiger partial charge is 0.338 e. The fourth-order valence-electron chi connectivity index (χ4n) is 0.893. The van der Waals surface area contributed by atoms with Crippen molar-refractivity contribution in [3.05, 3.63) is 18.2 Å². The number of rotatable bonds is 3. The van der Waals surface area contributed by atoms with Gasteiger partial charge in [0.25, 0.3) is 6.43 Å². The second-order valence-corrected chi connectivity index (χ2v) is 2.66. The molecule has 0 radical (unpaired) electrons. The molecule has 2 N–H and O–H groups in total. The lowest BCUT2D eigenvalue weighted by molar-refractivity contribution is 0.115. The van der Waals surface area contributed by atoms with Crippen molar-refractivity contribution in [2.75, 3.05) is 0 Å². The zero-order valence-electron chi connectivity index (χ0n) is 6.74. The maximum atomic E-state index is 12.0. The van der Waals surface area contributed by atoms with E-state index in [1.165, 1.54) is 0 Å². The fourth-order valence-corrected chi connectivity index (χ4v) is 0.893. The average molecular weight is 175 g/mol. The third-order valence-corrected chi connectivity index (χ3v) is 1.66. The van der Waals surface area contributed by atoms with Crippen molar-refractivity contribution in [2.24, 2.45) is 12.8 Å². The van der Waals surface area contributed by atoms with E-state index in [-0.39, 0.29) is 6.42 Å². The van der Waals surface area contributed by atoms with Crippen molar-refractivity contribution < 1.29 is 8.78 Å². The molecule has 0 amide bonds. The molecule has 0 aliphatic carbocycles. The summed E-state index contributed by atoms with van der Waals surface area (Å²) in [6.07, 6.45) is 0.893. The maximum absolute atomic E-state index is 12.0. The van der Waals surface area contributed by atoms with Crippen molar-refractivity contribution in [1.29, 1.82) is 0 Å². The Balaban J connectivity index is 2.58. The first-order valence-electron chi connectivity index (χ1n) is 3.61. The molecule has 68 valence electrons. The number of aromatic nitrogens is 2. The summed E-state index contributed by atoms with van der Waals surface area (Å²) in [5.74, 6) is 0.586. The zero-order valence-corrected chi connectivity index (χ0v) is 6.74. The number of halogens is 2. The molecule has 0 aliphatic heterocycles. The second-order valence-electron chi connectivity index (χ2n) is 2.66. The minimum Gasteiger partial charge on any atom is -0.338 e. The van der Waals surface area contributed by atoms with Crippen LogP contribution in [0.15, 0.2) is 12.4 Å². The van der Waals surface area contributed by atoms with Crippen molar-refractivity contribution in [2.45, 2.75) is 18.9 Å². The Kier molecular flexibility index (Phi) is 2.75. The highest BCUT2D eigenvalue weighted by atomic mass is 19.3. The molecule has 1 heterocycles. The van der Waals surface area contributed by atoms with Crippen LogP contribution in [0.5, 0.6) is 0 Å². The van der Waals surface area contributed by atoms with Crippen LogP contribution in [0.4, 0.5) is 8.78 Å². The number of aryl methyl sites for hydroxylation is 1. The number of nitrogens with two attached hydrogens (primary N) is 1. The van der Waals surface area contributed by atoms with Crippen molar-refractivity contribution in [3.8, 4) is 0 Å². The van der Waals surface area contributed by atoms with Crippen LogP contribution in [0.3, 0.4) is 0 Å². The lowest BCUT2D eigenvalue weighted by Crippen LogP contribution is -2.31. The highest BCUT2D eigenvalue weighted by molar-refractivity contribution is 4.94. The third-order valence-electron chi connectivity index (χ3n) is 1.66. The minimum atomic E-state index is -2.48. The predicted molar refractivity (Wildman–Crippen MR) is 40.9 cm³/mol. The summed E-state index contributed by atoms with van der Waals surface area (Å²) in [4.78, 5) is 3.89. The monoisotopic (exact) mass is 175 g/mol. The molecule has 0 bridgehead atoms. The third kappa shape index (κ3) is 2.01. The maximum Gasteiger partial charge on any atom is 0.253 e. The van der Waals surface area contributed by atoms with E-state index in [9.17, 15) is 8.78 Å². The average Bonchev–Trinajstić information content (AvgIpc) is 2.36. The molecule has 0 saturated carbocycles. The molecule has 1 unspecified atom stereocenters. The SMILES string of the molecule is Cn1ccnc1CC(N)C(F)F. The number of nitrogens with zero attached hydrogens (tertiary/aromatic N) is 2. The van der Waals surface area contributed by atoms with Gasteiger partial charge >= 0.3 is 0 Å². The van der Waals surface area contributed by atoms with Gasteiger partial charge in [0.1, 0.15) is 5.82 Å². The topological polar surface area (TPSA) is 43.8 Å². The van der Waals surface area contributed by atoms with Crippen LogP contribution < -0.4 is 5.73 Å². The molecule has 0 aromatic carbocycles. The molecule has 0 saturated heterocycles. The van der Waals surface area contributed by atoms with E-state index < -0.39 is 12.5 Å². The summed E-state index contributed by atoms with van der Waals surface area (Å²) >= 11 is 0. The first kappa shape index (κ1) is 9.12. The van der Waals surface area contributed by atoms with Crippen molar-refractivity contribution in [1.82, 2.24) is 9.55 Å². The van der Waals surface area contributed by atoms with E-state index in [0.29, 0.717) is 5.82 Å². The van der Waals surface area contributed by atoms with Gasteiger partial charge in [0.15, 0.2) is 0 Å². The van der Waals surface area contributed by atoms with Gasteiger partial charge in [-0.05, 0) is 0 Å². The zero-order chi connectivity index (χ0) is 9.14. The first-order valence-corrected chi connectivity index (χ1v) is 3.61. The van der Waals surface area contributed by atoms with Gasteiger partial charge in [0, 0.05) is 25.9 Å². The molecule has 12 heavy (non-hydrogen) atoms. The molecule has 1 atom stereocenters. The van der Waals surface area contributed by atoms with Crippen LogP contribution in [0.25, 0.3) is 0 Å². The summed E-state index contributed by atoms with van der Waals surface area (Å²) in [5, 5.41) is 0. The molecular formula is C7H11F2N3. The van der Waals surface area contributed by atoms with E-state index in [0.717, 1.165) is 0 Å². The lowest BCUT2D eigenvalue weighted by atomic mass is 10.2. The Morgan fingerprint density at radius 2 is 2.33 bits per heavy atom. The number of hydrogen-bond donors (Lipinski definition) is 1. The van der Waals surface area contributed by atoms with Crippen molar-refractivity contribution in [3.63, 3.8) is 0 Å². The summed E-state index contributed by atoms with van der Waals surface area (Å²) < 4.78 is 25.7. The molecule has 3 nitrogen and oxygen atoms in total. The van der Waals surface area contributed by atoms with Gasteiger partial charge < -0.3 is 10.3 Å². The Morgan fingerprint density at radius 1 is 1.67 bits per heavy atom. The van der Waals surface area contributed by atoms with Crippen LogP contribution >= 0.6 is 0 Å². The summed E-state index contributed by atoms with van der Waals surface area (Å²) in [7, 11) is 1.75. The van der Waals surface area contributed by atoms with E-state index in [1.807, 2.05) is 0 Å². The van der Waals surface area contributed by atoms with E-state index in [2.05, 4.69) is 4.98 Å². The second kappa shape index (κ2) is 3.62. The fraction of sp³-hybridized carbons (Fsp3) is 0.571. The number of alkyl halides is 2.